The quantitative estimate of drug-likeness (QED) is 0.720. The van der Waals surface area contributed by atoms with E-state index in [4.69, 9.17) is 0 Å². The van der Waals surface area contributed by atoms with Crippen molar-refractivity contribution in [3.05, 3.63) is 64.5 Å². The molecule has 0 aliphatic rings. The molecule has 0 aliphatic heterocycles. The largest absolute Gasteiger partial charge is 0.333 e. The van der Waals surface area contributed by atoms with Gasteiger partial charge >= 0.3 is 6.03 Å². The van der Waals surface area contributed by atoms with Gasteiger partial charge in [-0.1, -0.05) is 24.3 Å². The lowest BCUT2D eigenvalue weighted by Crippen LogP contribution is -2.42. The number of fused-ring (bicyclic) bond motifs is 1. The van der Waals surface area contributed by atoms with Crippen LogP contribution in [0.4, 0.5) is 19.3 Å². The second-order valence-electron chi connectivity index (χ2n) is 5.92. The molecule has 0 saturated carbocycles. The monoisotopic (exact) mass is 373 g/mol. The molecule has 0 aliphatic carbocycles. The first kappa shape index (κ1) is 18.4. The predicted molar refractivity (Wildman–Crippen MR) is 96.4 cm³/mol. The van der Waals surface area contributed by atoms with Crippen molar-refractivity contribution >= 4 is 22.6 Å². The summed E-state index contributed by atoms with van der Waals surface area (Å²) in [6.07, 6.45) is 0.500. The minimum atomic E-state index is -0.880. The van der Waals surface area contributed by atoms with E-state index in [1.807, 2.05) is 6.92 Å². The fourth-order valence-electron chi connectivity index (χ4n) is 2.56. The molecule has 27 heavy (non-hydrogen) atoms. The van der Waals surface area contributed by atoms with Crippen LogP contribution in [-0.4, -0.2) is 27.1 Å². The zero-order chi connectivity index (χ0) is 19.4. The van der Waals surface area contributed by atoms with E-state index in [0.29, 0.717) is 23.4 Å². The van der Waals surface area contributed by atoms with E-state index in [2.05, 4.69) is 20.9 Å². The summed E-state index contributed by atoms with van der Waals surface area (Å²) in [5.41, 5.74) is 0.0292. The lowest BCUT2D eigenvalue weighted by molar-refractivity contribution is 0.245. The van der Waals surface area contributed by atoms with Crippen LogP contribution in [0.15, 0.2) is 47.3 Å². The number of halogens is 2. The van der Waals surface area contributed by atoms with Gasteiger partial charge in [-0.05, 0) is 30.7 Å². The van der Waals surface area contributed by atoms with Crippen molar-refractivity contribution in [1.29, 1.82) is 0 Å². The van der Waals surface area contributed by atoms with Crippen LogP contribution in [0.5, 0.6) is 0 Å². The average Bonchev–Trinajstić information content (AvgIpc) is 2.65. The van der Waals surface area contributed by atoms with Gasteiger partial charge in [-0.15, -0.1) is 5.10 Å². The standard InChI is InChI=1S/C18H17F2N5O2/c1-2-12(21-18(27)22-16-8-7-11(19)9-14(16)20)10-25-17(26)13-5-3-4-6-15(13)23-24-25/h3-9,12H,2,10H2,1H3,(H2,21,22,27). The number of hydrogen-bond acceptors (Lipinski definition) is 4. The summed E-state index contributed by atoms with van der Waals surface area (Å²) < 4.78 is 27.7. The number of benzene rings is 2. The molecular formula is C18H17F2N5O2. The van der Waals surface area contributed by atoms with Crippen molar-refractivity contribution in [1.82, 2.24) is 20.3 Å². The topological polar surface area (TPSA) is 88.9 Å². The molecule has 2 N–H and O–H groups in total. The molecule has 2 amide bonds. The summed E-state index contributed by atoms with van der Waals surface area (Å²) >= 11 is 0. The minimum absolute atomic E-state index is 0.104. The molecular weight excluding hydrogens is 356 g/mol. The number of hydrogen-bond donors (Lipinski definition) is 2. The Morgan fingerprint density at radius 2 is 2.00 bits per heavy atom. The molecule has 9 heteroatoms. The van der Waals surface area contributed by atoms with Gasteiger partial charge < -0.3 is 10.6 Å². The normalized spacial score (nSPS) is 12.0. The maximum Gasteiger partial charge on any atom is 0.319 e. The number of rotatable bonds is 5. The number of urea groups is 1. The van der Waals surface area contributed by atoms with Crippen LogP contribution in [0.1, 0.15) is 13.3 Å². The van der Waals surface area contributed by atoms with Gasteiger partial charge in [-0.3, -0.25) is 4.79 Å². The Morgan fingerprint density at radius 3 is 2.74 bits per heavy atom. The van der Waals surface area contributed by atoms with Crippen LogP contribution in [0.25, 0.3) is 10.9 Å². The summed E-state index contributed by atoms with van der Waals surface area (Å²) in [5, 5.41) is 13.3. The van der Waals surface area contributed by atoms with E-state index < -0.39 is 23.7 Å². The summed E-state index contributed by atoms with van der Waals surface area (Å²) in [6, 6.07) is 8.57. The van der Waals surface area contributed by atoms with Crippen molar-refractivity contribution in [3.63, 3.8) is 0 Å². The van der Waals surface area contributed by atoms with E-state index in [1.165, 1.54) is 4.68 Å². The van der Waals surface area contributed by atoms with Gasteiger partial charge in [0.15, 0.2) is 0 Å². The highest BCUT2D eigenvalue weighted by atomic mass is 19.1. The van der Waals surface area contributed by atoms with Crippen molar-refractivity contribution < 1.29 is 13.6 Å². The summed E-state index contributed by atoms with van der Waals surface area (Å²) in [4.78, 5) is 24.6. The van der Waals surface area contributed by atoms with Gasteiger partial charge in [0.1, 0.15) is 17.2 Å². The molecule has 0 spiro atoms. The number of aromatic nitrogens is 3. The number of amides is 2. The highest BCUT2D eigenvalue weighted by molar-refractivity contribution is 5.89. The SMILES string of the molecule is CCC(Cn1nnc2ccccc2c1=O)NC(=O)Nc1ccc(F)cc1F. The predicted octanol–water partition coefficient (Wildman–Crippen LogP) is 2.67. The molecule has 3 rings (SSSR count). The van der Waals surface area contributed by atoms with Crippen LogP contribution < -0.4 is 16.2 Å². The van der Waals surface area contributed by atoms with Crippen molar-refractivity contribution in [3.8, 4) is 0 Å². The summed E-state index contributed by atoms with van der Waals surface area (Å²) in [5.74, 6) is -1.62. The van der Waals surface area contributed by atoms with Crippen molar-refractivity contribution in [2.75, 3.05) is 5.32 Å². The zero-order valence-electron chi connectivity index (χ0n) is 14.4. The van der Waals surface area contributed by atoms with Gasteiger partial charge in [-0.2, -0.15) is 0 Å². The first-order valence-corrected chi connectivity index (χ1v) is 8.33. The molecule has 0 fully saturated rings. The van der Waals surface area contributed by atoms with Crippen LogP contribution >= 0.6 is 0 Å². The molecule has 1 atom stereocenters. The average molecular weight is 373 g/mol. The Kier molecular flexibility index (Phi) is 5.39. The highest BCUT2D eigenvalue weighted by Gasteiger charge is 2.15. The molecule has 140 valence electrons. The van der Waals surface area contributed by atoms with Crippen LogP contribution in [0.3, 0.4) is 0 Å². The third kappa shape index (κ3) is 4.25. The van der Waals surface area contributed by atoms with E-state index >= 15 is 0 Å². The van der Waals surface area contributed by atoms with E-state index in [1.54, 1.807) is 24.3 Å². The molecule has 0 radical (unpaired) electrons. The summed E-state index contributed by atoms with van der Waals surface area (Å²) in [6.45, 7) is 1.93. The van der Waals surface area contributed by atoms with Gasteiger partial charge in [0.05, 0.1) is 23.7 Å². The lowest BCUT2D eigenvalue weighted by atomic mass is 10.2. The van der Waals surface area contributed by atoms with E-state index in [0.717, 1.165) is 12.1 Å². The van der Waals surface area contributed by atoms with Gasteiger partial charge in [0, 0.05) is 6.07 Å². The van der Waals surface area contributed by atoms with E-state index in [9.17, 15) is 18.4 Å². The molecule has 0 saturated heterocycles. The van der Waals surface area contributed by atoms with Gasteiger partial charge in [0.2, 0.25) is 0 Å². The second-order valence-corrected chi connectivity index (χ2v) is 5.92. The Bertz CT molecular complexity index is 1040. The molecule has 7 nitrogen and oxygen atoms in total. The second kappa shape index (κ2) is 7.90. The van der Waals surface area contributed by atoms with Gasteiger partial charge in [0.25, 0.3) is 5.56 Å². The summed E-state index contributed by atoms with van der Waals surface area (Å²) in [7, 11) is 0. The highest BCUT2D eigenvalue weighted by Crippen LogP contribution is 2.14. The first-order valence-electron chi connectivity index (χ1n) is 8.33. The third-order valence-corrected chi connectivity index (χ3v) is 4.03. The minimum Gasteiger partial charge on any atom is -0.333 e. The molecule has 0 bridgehead atoms. The smallest absolute Gasteiger partial charge is 0.319 e. The zero-order valence-corrected chi connectivity index (χ0v) is 14.4. The number of carbonyl (C=O) groups is 1. The maximum absolute atomic E-state index is 13.6. The molecule has 1 heterocycles. The van der Waals surface area contributed by atoms with Crippen LogP contribution in [0, 0.1) is 11.6 Å². The van der Waals surface area contributed by atoms with Crippen LogP contribution in [-0.2, 0) is 6.54 Å². The maximum atomic E-state index is 13.6. The Hall–Kier alpha value is -3.36. The molecule has 3 aromatic rings. The van der Waals surface area contributed by atoms with Crippen molar-refractivity contribution in [2.24, 2.45) is 0 Å². The fraction of sp³-hybridized carbons (Fsp3) is 0.222. The first-order chi connectivity index (χ1) is 13.0. The fourth-order valence-corrected chi connectivity index (χ4v) is 2.56. The Labute approximate surface area is 153 Å². The van der Waals surface area contributed by atoms with E-state index in [-0.39, 0.29) is 17.8 Å². The Morgan fingerprint density at radius 1 is 1.22 bits per heavy atom. The number of nitrogens with one attached hydrogen (secondary N) is 2. The van der Waals surface area contributed by atoms with Crippen LogP contribution in [0.2, 0.25) is 0 Å². The van der Waals surface area contributed by atoms with Crippen molar-refractivity contribution in [2.45, 2.75) is 25.9 Å². The Balaban J connectivity index is 1.71. The molecule has 1 unspecified atom stereocenters. The molecule has 2 aromatic carbocycles. The number of nitrogens with zero attached hydrogens (tertiary/aromatic N) is 3. The molecule has 1 aromatic heterocycles. The number of anilines is 1. The third-order valence-electron chi connectivity index (χ3n) is 4.03. The lowest BCUT2D eigenvalue weighted by Gasteiger charge is -2.18. The van der Waals surface area contributed by atoms with Gasteiger partial charge in [-0.25, -0.2) is 18.3 Å². The number of carbonyl (C=O) groups excluding carboxylic acids is 1.